The van der Waals surface area contributed by atoms with Gasteiger partial charge in [-0.2, -0.15) is 0 Å². The number of ketones is 1. The summed E-state index contributed by atoms with van der Waals surface area (Å²) in [5.41, 5.74) is 4.27. The molecule has 0 fully saturated rings. The summed E-state index contributed by atoms with van der Waals surface area (Å²) in [6, 6.07) is 20.8. The molecule has 0 spiro atoms. The number of carbonyl (C=O) groups is 1. The fourth-order valence-corrected chi connectivity index (χ4v) is 2.76. The minimum atomic E-state index is -0.125. The highest BCUT2D eigenvalue weighted by Crippen LogP contribution is 2.33. The molecule has 0 saturated carbocycles. The molecule has 1 N–H and O–H groups in total. The maximum absolute atomic E-state index is 12.3. The van der Waals surface area contributed by atoms with Gasteiger partial charge in [0.05, 0.1) is 7.11 Å². The molecule has 0 aliphatic heterocycles. The van der Waals surface area contributed by atoms with Crippen molar-refractivity contribution >= 4 is 24.0 Å². The molecule has 3 heteroatoms. The number of rotatable bonds is 6. The minimum Gasteiger partial charge on any atom is -0.504 e. The molecule has 0 amide bonds. The van der Waals surface area contributed by atoms with Gasteiger partial charge in [0.15, 0.2) is 17.3 Å². The Morgan fingerprint density at radius 3 is 2.25 bits per heavy atom. The Morgan fingerprint density at radius 1 is 0.893 bits per heavy atom. The van der Waals surface area contributed by atoms with Crippen molar-refractivity contribution in [2.45, 2.75) is 6.92 Å². The Balaban J connectivity index is 1.88. The maximum atomic E-state index is 12.3. The first-order valence-corrected chi connectivity index (χ1v) is 9.00. The first-order chi connectivity index (χ1) is 13.6. The van der Waals surface area contributed by atoms with Crippen LogP contribution in [0.1, 0.15) is 32.6 Å². The number of aryl methyl sites for hydroxylation is 1. The molecule has 28 heavy (non-hydrogen) atoms. The fraction of sp³-hybridized carbons (Fsp3) is 0.0800. The molecule has 3 aromatic carbocycles. The average molecular weight is 370 g/mol. The first kappa shape index (κ1) is 19.2. The van der Waals surface area contributed by atoms with Crippen molar-refractivity contribution in [3.05, 3.63) is 101 Å². The summed E-state index contributed by atoms with van der Waals surface area (Å²) in [7, 11) is 1.51. The van der Waals surface area contributed by atoms with Crippen LogP contribution in [0.3, 0.4) is 0 Å². The third-order valence-corrected chi connectivity index (χ3v) is 4.36. The van der Waals surface area contributed by atoms with E-state index in [4.69, 9.17) is 4.74 Å². The molecular formula is C25H22O3. The van der Waals surface area contributed by atoms with Gasteiger partial charge in [0, 0.05) is 11.1 Å². The molecule has 140 valence electrons. The Kier molecular flexibility index (Phi) is 6.07. The number of aromatic hydroxyl groups is 1. The highest BCUT2D eigenvalue weighted by atomic mass is 16.5. The summed E-state index contributed by atoms with van der Waals surface area (Å²) in [6.07, 6.45) is 7.00. The number of benzene rings is 3. The van der Waals surface area contributed by atoms with Crippen LogP contribution in [0.5, 0.6) is 11.5 Å². The van der Waals surface area contributed by atoms with Crippen LogP contribution in [0.4, 0.5) is 0 Å². The molecule has 0 bridgehead atoms. The number of hydrogen-bond acceptors (Lipinski definition) is 3. The highest BCUT2D eigenvalue weighted by molar-refractivity contribution is 6.07. The largest absolute Gasteiger partial charge is 0.504 e. The van der Waals surface area contributed by atoms with Crippen LogP contribution in [0, 0.1) is 6.92 Å². The standard InChI is InChI=1S/C25H22O3/c1-18-8-10-19(11-9-18)12-13-20-16-22(25(27)24(17-20)28-2)14-15-23(26)21-6-4-3-5-7-21/h3-17,27H,1-2H3/b13-12+,15-14+. The van der Waals surface area contributed by atoms with E-state index < -0.39 is 0 Å². The van der Waals surface area contributed by atoms with Crippen molar-refractivity contribution < 1.29 is 14.6 Å². The second-order valence-electron chi connectivity index (χ2n) is 6.47. The van der Waals surface area contributed by atoms with Gasteiger partial charge in [-0.05, 0) is 42.3 Å². The fourth-order valence-electron chi connectivity index (χ4n) is 2.76. The van der Waals surface area contributed by atoms with Gasteiger partial charge in [0.1, 0.15) is 0 Å². The van der Waals surface area contributed by atoms with Crippen molar-refractivity contribution in [2.75, 3.05) is 7.11 Å². The summed E-state index contributed by atoms with van der Waals surface area (Å²) in [5, 5.41) is 10.4. The quantitative estimate of drug-likeness (QED) is 0.340. The molecular weight excluding hydrogens is 348 g/mol. The number of allylic oxidation sites excluding steroid dienone is 1. The number of phenolic OH excluding ortho intramolecular Hbond substituents is 1. The average Bonchev–Trinajstić information content (AvgIpc) is 2.73. The van der Waals surface area contributed by atoms with E-state index in [9.17, 15) is 9.90 Å². The van der Waals surface area contributed by atoms with Gasteiger partial charge < -0.3 is 9.84 Å². The summed E-state index contributed by atoms with van der Waals surface area (Å²) >= 11 is 0. The van der Waals surface area contributed by atoms with Gasteiger partial charge in [-0.3, -0.25) is 4.79 Å². The summed E-state index contributed by atoms with van der Waals surface area (Å²) in [5.74, 6) is 0.240. The van der Waals surface area contributed by atoms with E-state index in [1.54, 1.807) is 24.3 Å². The number of ether oxygens (including phenoxy) is 1. The third-order valence-electron chi connectivity index (χ3n) is 4.36. The third kappa shape index (κ3) is 4.77. The molecule has 0 unspecified atom stereocenters. The molecule has 0 atom stereocenters. The van der Waals surface area contributed by atoms with Crippen LogP contribution in [0.15, 0.2) is 72.8 Å². The topological polar surface area (TPSA) is 46.5 Å². The number of hydrogen-bond donors (Lipinski definition) is 1. The van der Waals surface area contributed by atoms with Gasteiger partial charge in [0.2, 0.25) is 0 Å². The molecule has 0 aromatic heterocycles. The highest BCUT2D eigenvalue weighted by Gasteiger charge is 2.09. The Morgan fingerprint density at radius 2 is 1.57 bits per heavy atom. The van der Waals surface area contributed by atoms with E-state index in [-0.39, 0.29) is 11.5 Å². The zero-order valence-corrected chi connectivity index (χ0v) is 15.9. The molecule has 0 aliphatic carbocycles. The molecule has 0 aliphatic rings. The predicted octanol–water partition coefficient (Wildman–Crippen LogP) is 5.78. The Bertz CT molecular complexity index is 1010. The first-order valence-electron chi connectivity index (χ1n) is 9.00. The van der Waals surface area contributed by atoms with Crippen LogP contribution < -0.4 is 4.74 Å². The van der Waals surface area contributed by atoms with Gasteiger partial charge in [-0.15, -0.1) is 0 Å². The van der Waals surface area contributed by atoms with E-state index in [0.29, 0.717) is 16.9 Å². The lowest BCUT2D eigenvalue weighted by molar-refractivity contribution is 0.104. The van der Waals surface area contributed by atoms with Gasteiger partial charge in [0.25, 0.3) is 0 Å². The van der Waals surface area contributed by atoms with Crippen LogP contribution >= 0.6 is 0 Å². The van der Waals surface area contributed by atoms with Crippen molar-refractivity contribution in [2.24, 2.45) is 0 Å². The molecule has 0 heterocycles. The lowest BCUT2D eigenvalue weighted by Crippen LogP contribution is -1.93. The summed E-state index contributed by atoms with van der Waals surface area (Å²) < 4.78 is 5.28. The number of carbonyl (C=O) groups excluding carboxylic acids is 1. The SMILES string of the molecule is COc1cc(/C=C/c2ccc(C)cc2)cc(/C=C/C(=O)c2ccccc2)c1O. The van der Waals surface area contributed by atoms with Crippen molar-refractivity contribution in [1.29, 1.82) is 0 Å². The Labute approximate surface area is 165 Å². The van der Waals surface area contributed by atoms with E-state index >= 15 is 0 Å². The number of methoxy groups -OCH3 is 1. The normalized spacial score (nSPS) is 11.2. The van der Waals surface area contributed by atoms with Crippen LogP contribution in [0.25, 0.3) is 18.2 Å². The van der Waals surface area contributed by atoms with Gasteiger partial charge in [-0.1, -0.05) is 72.3 Å². The van der Waals surface area contributed by atoms with Crippen LogP contribution in [-0.2, 0) is 0 Å². The Hall–Kier alpha value is -3.59. The van der Waals surface area contributed by atoms with Crippen molar-refractivity contribution in [3.63, 3.8) is 0 Å². The maximum Gasteiger partial charge on any atom is 0.185 e. The molecule has 3 rings (SSSR count). The smallest absolute Gasteiger partial charge is 0.185 e. The van der Waals surface area contributed by atoms with Gasteiger partial charge >= 0.3 is 0 Å². The molecule has 0 radical (unpaired) electrons. The van der Waals surface area contributed by atoms with E-state index in [2.05, 4.69) is 12.1 Å². The zero-order chi connectivity index (χ0) is 19.9. The van der Waals surface area contributed by atoms with E-state index in [1.807, 2.05) is 55.5 Å². The van der Waals surface area contributed by atoms with Crippen molar-refractivity contribution in [1.82, 2.24) is 0 Å². The van der Waals surface area contributed by atoms with E-state index in [0.717, 1.165) is 11.1 Å². The minimum absolute atomic E-state index is 0.00657. The zero-order valence-electron chi connectivity index (χ0n) is 15.9. The molecule has 3 nitrogen and oxygen atoms in total. The summed E-state index contributed by atoms with van der Waals surface area (Å²) in [4.78, 5) is 12.3. The van der Waals surface area contributed by atoms with Crippen LogP contribution in [-0.4, -0.2) is 18.0 Å². The van der Waals surface area contributed by atoms with Gasteiger partial charge in [-0.25, -0.2) is 0 Å². The van der Waals surface area contributed by atoms with E-state index in [1.165, 1.54) is 18.7 Å². The van der Waals surface area contributed by atoms with Crippen LogP contribution in [0.2, 0.25) is 0 Å². The predicted molar refractivity (Wildman–Crippen MR) is 115 cm³/mol. The lowest BCUT2D eigenvalue weighted by Gasteiger charge is -2.08. The van der Waals surface area contributed by atoms with Crippen molar-refractivity contribution in [3.8, 4) is 11.5 Å². The lowest BCUT2D eigenvalue weighted by atomic mass is 10.0. The number of phenols is 1. The second-order valence-corrected chi connectivity index (χ2v) is 6.47. The molecule has 3 aromatic rings. The monoisotopic (exact) mass is 370 g/mol. The molecule has 0 saturated heterocycles. The second kappa shape index (κ2) is 8.87. The summed E-state index contributed by atoms with van der Waals surface area (Å²) in [6.45, 7) is 2.05.